The van der Waals surface area contributed by atoms with Crippen molar-refractivity contribution in [2.24, 2.45) is 0 Å². The van der Waals surface area contributed by atoms with E-state index in [4.69, 9.17) is 16.3 Å². The van der Waals surface area contributed by atoms with Crippen LogP contribution in [0.2, 0.25) is 5.02 Å². The van der Waals surface area contributed by atoms with E-state index in [2.05, 4.69) is 0 Å². The summed E-state index contributed by atoms with van der Waals surface area (Å²) < 4.78 is 18.3. The van der Waals surface area contributed by atoms with Crippen molar-refractivity contribution >= 4 is 11.6 Å². The molecule has 0 saturated carbocycles. The Morgan fingerprint density at radius 1 is 1.53 bits per heavy atom. The van der Waals surface area contributed by atoms with Crippen LogP contribution in [0.15, 0.2) is 18.2 Å². The standard InChI is InChI=1S/C13H16ClFO2/c14-13-7-10(15)4-3-9(13)6-11(16)8-12-2-1-5-17-12/h3-4,7,11-12,16H,1-2,5-6,8H2. The summed E-state index contributed by atoms with van der Waals surface area (Å²) in [6.07, 6.45) is 2.81. The molecule has 0 aromatic heterocycles. The zero-order chi connectivity index (χ0) is 12.3. The summed E-state index contributed by atoms with van der Waals surface area (Å²) in [6.45, 7) is 0.786. The van der Waals surface area contributed by atoms with E-state index in [0.717, 1.165) is 25.0 Å². The minimum Gasteiger partial charge on any atom is -0.393 e. The summed E-state index contributed by atoms with van der Waals surface area (Å²) in [7, 11) is 0. The van der Waals surface area contributed by atoms with Gasteiger partial charge in [0.1, 0.15) is 5.82 Å². The van der Waals surface area contributed by atoms with Gasteiger partial charge in [-0.25, -0.2) is 4.39 Å². The van der Waals surface area contributed by atoms with Crippen molar-refractivity contribution in [3.8, 4) is 0 Å². The first-order valence-electron chi connectivity index (χ1n) is 5.89. The molecule has 0 amide bonds. The van der Waals surface area contributed by atoms with Crippen molar-refractivity contribution in [1.82, 2.24) is 0 Å². The summed E-state index contributed by atoms with van der Waals surface area (Å²) in [4.78, 5) is 0. The molecule has 1 heterocycles. The maximum atomic E-state index is 12.8. The van der Waals surface area contributed by atoms with E-state index in [-0.39, 0.29) is 11.9 Å². The average Bonchev–Trinajstić information content (AvgIpc) is 2.75. The fraction of sp³-hybridized carbons (Fsp3) is 0.538. The van der Waals surface area contributed by atoms with Crippen molar-refractivity contribution < 1.29 is 14.2 Å². The molecule has 0 spiro atoms. The van der Waals surface area contributed by atoms with Gasteiger partial charge < -0.3 is 9.84 Å². The molecule has 1 aromatic carbocycles. The Morgan fingerprint density at radius 3 is 3.00 bits per heavy atom. The minimum absolute atomic E-state index is 0.157. The zero-order valence-corrected chi connectivity index (χ0v) is 10.3. The first-order chi connectivity index (χ1) is 8.15. The van der Waals surface area contributed by atoms with Gasteiger partial charge in [-0.05, 0) is 43.4 Å². The molecular weight excluding hydrogens is 243 g/mol. The monoisotopic (exact) mass is 258 g/mol. The second-order valence-electron chi connectivity index (χ2n) is 4.46. The average molecular weight is 259 g/mol. The SMILES string of the molecule is OC(Cc1ccc(F)cc1Cl)CC1CCCO1. The highest BCUT2D eigenvalue weighted by Crippen LogP contribution is 2.22. The molecule has 17 heavy (non-hydrogen) atoms. The number of ether oxygens (including phenoxy) is 1. The van der Waals surface area contributed by atoms with Gasteiger partial charge in [0, 0.05) is 11.6 Å². The number of hydrogen-bond donors (Lipinski definition) is 1. The van der Waals surface area contributed by atoms with Crippen molar-refractivity contribution in [1.29, 1.82) is 0 Å². The second-order valence-corrected chi connectivity index (χ2v) is 4.87. The Kier molecular flexibility index (Phi) is 4.37. The molecule has 94 valence electrons. The van der Waals surface area contributed by atoms with Crippen molar-refractivity contribution in [3.63, 3.8) is 0 Å². The molecule has 2 rings (SSSR count). The highest BCUT2D eigenvalue weighted by Gasteiger charge is 2.20. The fourth-order valence-corrected chi connectivity index (χ4v) is 2.40. The molecule has 1 aliphatic rings. The van der Waals surface area contributed by atoms with Crippen LogP contribution in [0.3, 0.4) is 0 Å². The van der Waals surface area contributed by atoms with Gasteiger partial charge in [-0.3, -0.25) is 0 Å². The highest BCUT2D eigenvalue weighted by atomic mass is 35.5. The lowest BCUT2D eigenvalue weighted by Gasteiger charge is -2.15. The predicted molar refractivity (Wildman–Crippen MR) is 64.7 cm³/mol. The normalized spacial score (nSPS) is 21.7. The Labute approximate surface area is 105 Å². The molecule has 4 heteroatoms. The second kappa shape index (κ2) is 5.80. The van der Waals surface area contributed by atoms with E-state index in [1.807, 2.05) is 0 Å². The van der Waals surface area contributed by atoms with E-state index >= 15 is 0 Å². The maximum Gasteiger partial charge on any atom is 0.124 e. The molecule has 1 N–H and O–H groups in total. The van der Waals surface area contributed by atoms with Crippen molar-refractivity contribution in [3.05, 3.63) is 34.6 Å². The zero-order valence-electron chi connectivity index (χ0n) is 9.53. The van der Waals surface area contributed by atoms with Crippen LogP contribution in [0.5, 0.6) is 0 Å². The molecule has 1 fully saturated rings. The van der Waals surface area contributed by atoms with Crippen LogP contribution >= 0.6 is 11.6 Å². The van der Waals surface area contributed by atoms with E-state index in [9.17, 15) is 9.50 Å². The lowest BCUT2D eigenvalue weighted by atomic mass is 10.0. The maximum absolute atomic E-state index is 12.8. The largest absolute Gasteiger partial charge is 0.393 e. The van der Waals surface area contributed by atoms with E-state index in [0.29, 0.717) is 17.9 Å². The van der Waals surface area contributed by atoms with Crippen LogP contribution in [0.4, 0.5) is 4.39 Å². The first kappa shape index (κ1) is 12.8. The van der Waals surface area contributed by atoms with Crippen LogP contribution in [-0.4, -0.2) is 23.9 Å². The molecule has 1 saturated heterocycles. The fourth-order valence-electron chi connectivity index (χ4n) is 2.16. The number of rotatable bonds is 4. The minimum atomic E-state index is -0.485. The molecule has 2 unspecified atom stereocenters. The Bertz CT molecular complexity index is 378. The molecule has 1 aliphatic heterocycles. The summed E-state index contributed by atoms with van der Waals surface area (Å²) in [5.74, 6) is -0.354. The number of halogens is 2. The lowest BCUT2D eigenvalue weighted by Crippen LogP contribution is -2.19. The van der Waals surface area contributed by atoms with Crippen LogP contribution < -0.4 is 0 Å². The third-order valence-corrected chi connectivity index (χ3v) is 3.38. The van der Waals surface area contributed by atoms with Crippen LogP contribution in [0.25, 0.3) is 0 Å². The van der Waals surface area contributed by atoms with Gasteiger partial charge in [0.25, 0.3) is 0 Å². The Morgan fingerprint density at radius 2 is 2.35 bits per heavy atom. The number of hydrogen-bond acceptors (Lipinski definition) is 2. The van der Waals surface area contributed by atoms with E-state index in [1.54, 1.807) is 6.07 Å². The lowest BCUT2D eigenvalue weighted by molar-refractivity contribution is 0.0541. The summed E-state index contributed by atoms with van der Waals surface area (Å²) in [5, 5.41) is 10.3. The van der Waals surface area contributed by atoms with Gasteiger partial charge in [-0.2, -0.15) is 0 Å². The van der Waals surface area contributed by atoms with Gasteiger partial charge >= 0.3 is 0 Å². The quantitative estimate of drug-likeness (QED) is 0.900. The van der Waals surface area contributed by atoms with Crippen molar-refractivity contribution in [2.45, 2.75) is 37.9 Å². The number of aliphatic hydroxyl groups excluding tert-OH is 1. The highest BCUT2D eigenvalue weighted by molar-refractivity contribution is 6.31. The Hall–Kier alpha value is -0.640. The topological polar surface area (TPSA) is 29.5 Å². The number of benzene rings is 1. The van der Waals surface area contributed by atoms with E-state index in [1.165, 1.54) is 12.1 Å². The number of aliphatic hydroxyl groups is 1. The molecule has 0 radical (unpaired) electrons. The molecule has 1 aromatic rings. The third kappa shape index (κ3) is 3.66. The summed E-state index contributed by atoms with van der Waals surface area (Å²) in [5.41, 5.74) is 0.776. The van der Waals surface area contributed by atoms with Crippen LogP contribution in [-0.2, 0) is 11.2 Å². The summed E-state index contributed by atoms with van der Waals surface area (Å²) >= 11 is 5.91. The van der Waals surface area contributed by atoms with E-state index < -0.39 is 6.10 Å². The first-order valence-corrected chi connectivity index (χ1v) is 6.26. The molecule has 0 aliphatic carbocycles. The summed E-state index contributed by atoms with van der Waals surface area (Å²) in [6, 6.07) is 4.26. The molecule has 2 nitrogen and oxygen atoms in total. The molecule has 2 atom stereocenters. The van der Waals surface area contributed by atoms with Gasteiger partial charge in [0.2, 0.25) is 0 Å². The van der Waals surface area contributed by atoms with Gasteiger partial charge in [0.05, 0.1) is 12.2 Å². The third-order valence-electron chi connectivity index (χ3n) is 3.03. The van der Waals surface area contributed by atoms with Crippen molar-refractivity contribution in [2.75, 3.05) is 6.61 Å². The van der Waals surface area contributed by atoms with Gasteiger partial charge in [-0.1, -0.05) is 17.7 Å². The van der Waals surface area contributed by atoms with Gasteiger partial charge in [0.15, 0.2) is 0 Å². The Balaban J connectivity index is 1.90. The smallest absolute Gasteiger partial charge is 0.124 e. The van der Waals surface area contributed by atoms with Crippen LogP contribution in [0.1, 0.15) is 24.8 Å². The molecule has 0 bridgehead atoms. The van der Waals surface area contributed by atoms with Gasteiger partial charge in [-0.15, -0.1) is 0 Å². The molecular formula is C13H16ClFO2. The van der Waals surface area contributed by atoms with Crippen LogP contribution in [0, 0.1) is 5.82 Å². The predicted octanol–water partition coefficient (Wildman–Crippen LogP) is 2.95.